The van der Waals surface area contributed by atoms with Gasteiger partial charge in [0.15, 0.2) is 5.82 Å². The molecule has 6 nitrogen and oxygen atoms in total. The molecular formula is C21H15N3O3. The van der Waals surface area contributed by atoms with Crippen LogP contribution >= 0.6 is 0 Å². The molecule has 0 bridgehead atoms. The summed E-state index contributed by atoms with van der Waals surface area (Å²) in [5, 5.41) is 24.1. The summed E-state index contributed by atoms with van der Waals surface area (Å²) in [4.78, 5) is 17.6. The van der Waals surface area contributed by atoms with Gasteiger partial charge in [-0.05, 0) is 24.3 Å². The van der Waals surface area contributed by atoms with Crippen molar-refractivity contribution in [2.45, 2.75) is 0 Å². The summed E-state index contributed by atoms with van der Waals surface area (Å²) >= 11 is 0. The normalized spacial score (nSPS) is 11.3. The molecule has 4 aromatic rings. The molecule has 0 aliphatic heterocycles. The van der Waals surface area contributed by atoms with Crippen LogP contribution in [-0.4, -0.2) is 26.1 Å². The van der Waals surface area contributed by atoms with Gasteiger partial charge in [0.1, 0.15) is 11.5 Å². The molecule has 132 valence electrons. The maximum Gasteiger partial charge on any atom is 0.282 e. The molecule has 3 aromatic carbocycles. The molecule has 0 aliphatic carbocycles. The fourth-order valence-corrected chi connectivity index (χ4v) is 2.77. The Labute approximate surface area is 154 Å². The predicted molar refractivity (Wildman–Crippen MR) is 104 cm³/mol. The number of fused-ring (bicyclic) bond motifs is 1. The van der Waals surface area contributed by atoms with Gasteiger partial charge in [0, 0.05) is 17.2 Å². The number of phenolic OH excluding ortho intramolecular Hbond substituents is 2. The van der Waals surface area contributed by atoms with Crippen LogP contribution in [0.3, 0.4) is 0 Å². The smallest absolute Gasteiger partial charge is 0.282 e. The third-order valence-electron chi connectivity index (χ3n) is 4.11. The van der Waals surface area contributed by atoms with Crippen molar-refractivity contribution in [1.82, 2.24) is 9.66 Å². The van der Waals surface area contributed by atoms with Crippen LogP contribution in [0.15, 0.2) is 82.7 Å². The van der Waals surface area contributed by atoms with Crippen molar-refractivity contribution >= 4 is 17.1 Å². The second-order valence-electron chi connectivity index (χ2n) is 5.92. The molecule has 0 saturated carbocycles. The Morgan fingerprint density at radius 3 is 2.44 bits per heavy atom. The molecule has 2 N–H and O–H groups in total. The third kappa shape index (κ3) is 3.16. The monoisotopic (exact) mass is 357 g/mol. The maximum atomic E-state index is 13.0. The fraction of sp³-hybridized carbons (Fsp3) is 0. The van der Waals surface area contributed by atoms with Gasteiger partial charge in [-0.15, -0.1) is 0 Å². The molecular weight excluding hydrogens is 342 g/mol. The van der Waals surface area contributed by atoms with Gasteiger partial charge in [-0.25, -0.2) is 4.98 Å². The minimum atomic E-state index is -0.311. The van der Waals surface area contributed by atoms with E-state index in [1.54, 1.807) is 18.2 Å². The lowest BCUT2D eigenvalue weighted by Crippen LogP contribution is -2.20. The topological polar surface area (TPSA) is 87.7 Å². The Hall–Kier alpha value is -3.93. The first-order valence-corrected chi connectivity index (χ1v) is 8.27. The molecule has 0 atom stereocenters. The third-order valence-corrected chi connectivity index (χ3v) is 4.11. The van der Waals surface area contributed by atoms with Gasteiger partial charge >= 0.3 is 0 Å². The highest BCUT2D eigenvalue weighted by molar-refractivity contribution is 5.84. The number of nitrogens with zero attached hydrogens (tertiary/aromatic N) is 3. The summed E-state index contributed by atoms with van der Waals surface area (Å²) in [5.41, 5.74) is 1.38. The molecule has 6 heteroatoms. The van der Waals surface area contributed by atoms with E-state index in [2.05, 4.69) is 10.1 Å². The van der Waals surface area contributed by atoms with Crippen LogP contribution in [0.25, 0.3) is 22.3 Å². The summed E-state index contributed by atoms with van der Waals surface area (Å²) in [5.74, 6) is 0.204. The first-order valence-electron chi connectivity index (χ1n) is 8.27. The van der Waals surface area contributed by atoms with Gasteiger partial charge in [0.05, 0.1) is 17.1 Å². The van der Waals surface area contributed by atoms with Crippen LogP contribution in [0.5, 0.6) is 11.5 Å². The summed E-state index contributed by atoms with van der Waals surface area (Å²) in [6.07, 6.45) is 1.36. The molecule has 0 amide bonds. The lowest BCUT2D eigenvalue weighted by Gasteiger charge is -2.09. The van der Waals surface area contributed by atoms with Crippen molar-refractivity contribution < 1.29 is 10.2 Å². The van der Waals surface area contributed by atoms with Gasteiger partial charge in [-0.2, -0.15) is 9.78 Å². The highest BCUT2D eigenvalue weighted by Crippen LogP contribution is 2.22. The molecule has 1 heterocycles. The van der Waals surface area contributed by atoms with E-state index in [4.69, 9.17) is 0 Å². The number of hydrogen-bond donors (Lipinski definition) is 2. The van der Waals surface area contributed by atoms with Gasteiger partial charge in [0.25, 0.3) is 5.56 Å². The average molecular weight is 357 g/mol. The van der Waals surface area contributed by atoms with E-state index in [0.29, 0.717) is 22.3 Å². The number of phenols is 2. The number of aromatic nitrogens is 2. The van der Waals surface area contributed by atoms with Gasteiger partial charge < -0.3 is 10.2 Å². The van der Waals surface area contributed by atoms with Crippen molar-refractivity contribution in [3.8, 4) is 22.9 Å². The van der Waals surface area contributed by atoms with Crippen LogP contribution in [0.2, 0.25) is 0 Å². The molecule has 4 rings (SSSR count). The largest absolute Gasteiger partial charge is 0.508 e. The highest BCUT2D eigenvalue weighted by Gasteiger charge is 2.12. The lowest BCUT2D eigenvalue weighted by atomic mass is 10.2. The zero-order chi connectivity index (χ0) is 18.8. The van der Waals surface area contributed by atoms with E-state index < -0.39 is 0 Å². The Balaban J connectivity index is 1.94. The summed E-state index contributed by atoms with van der Waals surface area (Å²) in [6.45, 7) is 0. The Morgan fingerprint density at radius 2 is 1.67 bits per heavy atom. The summed E-state index contributed by atoms with van der Waals surface area (Å²) in [6, 6.07) is 20.5. The van der Waals surface area contributed by atoms with Gasteiger partial charge in [-0.1, -0.05) is 42.5 Å². The van der Waals surface area contributed by atoms with E-state index >= 15 is 0 Å². The van der Waals surface area contributed by atoms with Crippen LogP contribution in [-0.2, 0) is 0 Å². The van der Waals surface area contributed by atoms with E-state index in [0.717, 1.165) is 5.56 Å². The van der Waals surface area contributed by atoms with Crippen molar-refractivity contribution in [2.75, 3.05) is 0 Å². The first-order chi connectivity index (χ1) is 13.1. The zero-order valence-corrected chi connectivity index (χ0v) is 14.1. The standard InChI is InChI=1S/C21H15N3O3/c25-16-11-10-15(19(26)12-16)13-22-24-20(14-6-2-1-3-7-14)23-18-9-5-4-8-17(18)21(24)27/h1-13,25-26H/b22-13+. The average Bonchev–Trinajstić information content (AvgIpc) is 2.69. The second kappa shape index (κ2) is 6.76. The van der Waals surface area contributed by atoms with Crippen LogP contribution in [0.4, 0.5) is 0 Å². The minimum Gasteiger partial charge on any atom is -0.508 e. The predicted octanol–water partition coefficient (Wildman–Crippen LogP) is 3.36. The van der Waals surface area contributed by atoms with E-state index in [1.807, 2.05) is 36.4 Å². The second-order valence-corrected chi connectivity index (χ2v) is 5.92. The van der Waals surface area contributed by atoms with Crippen molar-refractivity contribution in [3.63, 3.8) is 0 Å². The first kappa shape index (κ1) is 16.5. The molecule has 0 aliphatic rings. The van der Waals surface area contributed by atoms with Gasteiger partial charge in [0.2, 0.25) is 0 Å². The molecule has 0 fully saturated rings. The molecule has 1 aromatic heterocycles. The highest BCUT2D eigenvalue weighted by atomic mass is 16.3. The van der Waals surface area contributed by atoms with Crippen molar-refractivity contribution in [2.24, 2.45) is 5.10 Å². The summed E-state index contributed by atoms with van der Waals surface area (Å²) < 4.78 is 1.21. The Kier molecular flexibility index (Phi) is 4.14. The number of benzene rings is 3. The quantitative estimate of drug-likeness (QED) is 0.550. The number of rotatable bonds is 3. The Morgan fingerprint density at radius 1 is 0.926 bits per heavy atom. The number of hydrogen-bond acceptors (Lipinski definition) is 5. The molecule has 0 unspecified atom stereocenters. The van der Waals surface area contributed by atoms with Crippen LogP contribution < -0.4 is 5.56 Å². The van der Waals surface area contributed by atoms with Crippen LogP contribution in [0, 0.1) is 0 Å². The minimum absolute atomic E-state index is 0.0563. The van der Waals surface area contributed by atoms with E-state index in [9.17, 15) is 15.0 Å². The SMILES string of the molecule is O=c1c2ccccc2nc(-c2ccccc2)n1/N=C/c1ccc(O)cc1O. The Bertz CT molecular complexity index is 1210. The fourth-order valence-electron chi connectivity index (χ4n) is 2.77. The molecule has 27 heavy (non-hydrogen) atoms. The molecule has 0 saturated heterocycles. The maximum absolute atomic E-state index is 13.0. The number of para-hydroxylation sites is 1. The molecule has 0 spiro atoms. The van der Waals surface area contributed by atoms with Crippen LogP contribution in [0.1, 0.15) is 5.56 Å². The number of aromatic hydroxyl groups is 2. The van der Waals surface area contributed by atoms with E-state index in [-0.39, 0.29) is 17.1 Å². The van der Waals surface area contributed by atoms with E-state index in [1.165, 1.54) is 29.1 Å². The molecule has 0 radical (unpaired) electrons. The zero-order valence-electron chi connectivity index (χ0n) is 14.1. The van der Waals surface area contributed by atoms with Crippen molar-refractivity contribution in [1.29, 1.82) is 0 Å². The lowest BCUT2D eigenvalue weighted by molar-refractivity contribution is 0.450. The summed E-state index contributed by atoms with van der Waals surface area (Å²) in [7, 11) is 0. The van der Waals surface area contributed by atoms with Crippen molar-refractivity contribution in [3.05, 3.63) is 88.7 Å². The van der Waals surface area contributed by atoms with Gasteiger partial charge in [-0.3, -0.25) is 4.79 Å².